The van der Waals surface area contributed by atoms with Gasteiger partial charge in [0.1, 0.15) is 0 Å². The summed E-state index contributed by atoms with van der Waals surface area (Å²) >= 11 is 6.17. The van der Waals surface area contributed by atoms with Gasteiger partial charge in [0.15, 0.2) is 5.96 Å². The molecule has 0 bridgehead atoms. The van der Waals surface area contributed by atoms with E-state index in [2.05, 4.69) is 26.3 Å². The number of nitrogens with zero attached hydrogens (tertiary/aromatic N) is 1. The van der Waals surface area contributed by atoms with Crippen molar-refractivity contribution >= 4 is 41.0 Å². The zero-order valence-electron chi connectivity index (χ0n) is 19.4. The van der Waals surface area contributed by atoms with Crippen molar-refractivity contribution < 1.29 is 24.6 Å². The number of aliphatic imine (C=N–C) groups is 1. The van der Waals surface area contributed by atoms with Gasteiger partial charge in [-0.3, -0.25) is 19.4 Å². The van der Waals surface area contributed by atoms with E-state index in [1.807, 2.05) is 0 Å². The molecule has 0 spiro atoms. The van der Waals surface area contributed by atoms with Crippen molar-refractivity contribution in [1.29, 1.82) is 0 Å². The van der Waals surface area contributed by atoms with Gasteiger partial charge in [0.2, 0.25) is 5.91 Å². The van der Waals surface area contributed by atoms with Crippen LogP contribution in [0, 0.1) is 0 Å². The Labute approximate surface area is 207 Å². The fourth-order valence-corrected chi connectivity index (χ4v) is 3.70. The van der Waals surface area contributed by atoms with Crippen LogP contribution in [0.4, 0.5) is 5.69 Å². The van der Waals surface area contributed by atoms with Crippen LogP contribution >= 0.6 is 11.6 Å². The van der Waals surface area contributed by atoms with Crippen LogP contribution in [-0.4, -0.2) is 53.6 Å². The number of rotatable bonds is 9. The molecule has 1 aliphatic heterocycles. The molecule has 0 fully saturated rings. The van der Waals surface area contributed by atoms with Crippen LogP contribution in [0.25, 0.3) is 0 Å². The second-order valence-corrected chi connectivity index (χ2v) is 9.03. The summed E-state index contributed by atoms with van der Waals surface area (Å²) in [5.41, 5.74) is 0.701. The number of carboxylic acid groups (broad SMARTS) is 1. The summed E-state index contributed by atoms with van der Waals surface area (Å²) in [4.78, 5) is 40.8. The maximum Gasteiger partial charge on any atom is 0.305 e. The summed E-state index contributed by atoms with van der Waals surface area (Å²) in [6.07, 6.45) is -0.406. The van der Waals surface area contributed by atoms with Gasteiger partial charge >= 0.3 is 5.97 Å². The van der Waals surface area contributed by atoms with Crippen LogP contribution in [-0.2, 0) is 15.2 Å². The highest BCUT2D eigenvalue weighted by molar-refractivity contribution is 6.30. The van der Waals surface area contributed by atoms with Crippen LogP contribution in [0.15, 0.2) is 47.5 Å². The number of amides is 2. The number of benzene rings is 2. The molecule has 0 aliphatic carbocycles. The van der Waals surface area contributed by atoms with Gasteiger partial charge in [-0.2, -0.15) is 0 Å². The molecule has 2 aromatic carbocycles. The molecule has 2 amide bonds. The molecule has 10 nitrogen and oxygen atoms in total. The monoisotopic (exact) mass is 501 g/mol. The first-order valence-electron chi connectivity index (χ1n) is 11.0. The molecule has 11 heteroatoms. The molecule has 6 N–H and O–H groups in total. The summed E-state index contributed by atoms with van der Waals surface area (Å²) in [6.45, 7) is 4.21. The number of hydrogen-bond donors (Lipinski definition) is 6. The zero-order valence-corrected chi connectivity index (χ0v) is 20.1. The first-order chi connectivity index (χ1) is 16.5. The van der Waals surface area contributed by atoms with E-state index in [0.717, 1.165) is 6.54 Å². The fourth-order valence-electron chi connectivity index (χ4n) is 3.46. The van der Waals surface area contributed by atoms with Crippen molar-refractivity contribution in [2.45, 2.75) is 31.9 Å². The molecular weight excluding hydrogens is 474 g/mol. The number of aliphatic hydroxyl groups is 1. The summed E-state index contributed by atoms with van der Waals surface area (Å²) in [5.74, 6) is -1.55. The molecule has 1 aliphatic rings. The minimum Gasteiger partial charge on any atom is -0.481 e. The van der Waals surface area contributed by atoms with E-state index in [1.54, 1.807) is 50.2 Å². The van der Waals surface area contributed by atoms with Gasteiger partial charge in [0, 0.05) is 22.8 Å². The average molecular weight is 502 g/mol. The topological polar surface area (TPSA) is 152 Å². The second kappa shape index (κ2) is 11.2. The quantitative estimate of drug-likeness (QED) is 0.307. The minimum atomic E-state index is -1.21. The lowest BCUT2D eigenvalue weighted by Gasteiger charge is -2.23. The number of carbonyl (C=O) groups is 3. The maximum absolute atomic E-state index is 12.6. The highest BCUT2D eigenvalue weighted by Gasteiger charge is 2.23. The van der Waals surface area contributed by atoms with Crippen molar-refractivity contribution in [2.24, 2.45) is 4.99 Å². The standard InChI is InChI=1S/C24H28ClN5O5/c1-24(2,35)16-8-15(9-17(25)11-16)19(12-21(32)33)30-20(31)13-28-22(34)14-4-3-5-18(10-14)29-23-26-6-7-27-23/h3-5,8-11,19,35H,6-7,12-13H2,1-2H3,(H,28,34)(H,30,31)(H,32,33)(H2,26,27,29). The lowest BCUT2D eigenvalue weighted by molar-refractivity contribution is -0.137. The molecule has 3 rings (SSSR count). The van der Waals surface area contributed by atoms with Crippen LogP contribution in [0.1, 0.15) is 47.8 Å². The van der Waals surface area contributed by atoms with Crippen molar-refractivity contribution in [3.8, 4) is 0 Å². The molecule has 2 aromatic rings. The number of nitrogens with one attached hydrogen (secondary N) is 4. The van der Waals surface area contributed by atoms with Crippen molar-refractivity contribution in [1.82, 2.24) is 16.0 Å². The van der Waals surface area contributed by atoms with E-state index in [9.17, 15) is 24.6 Å². The molecule has 1 unspecified atom stereocenters. The zero-order chi connectivity index (χ0) is 25.6. The predicted octanol–water partition coefficient (Wildman–Crippen LogP) is 2.00. The van der Waals surface area contributed by atoms with Gasteiger partial charge in [-0.15, -0.1) is 0 Å². The molecule has 1 atom stereocenters. The van der Waals surface area contributed by atoms with E-state index in [1.165, 1.54) is 6.07 Å². The first-order valence-corrected chi connectivity index (χ1v) is 11.4. The van der Waals surface area contributed by atoms with Gasteiger partial charge in [0.05, 0.1) is 31.2 Å². The molecule has 186 valence electrons. The van der Waals surface area contributed by atoms with E-state index in [-0.39, 0.29) is 6.54 Å². The Hall–Kier alpha value is -3.63. The number of guanidine groups is 1. The SMILES string of the molecule is CC(C)(O)c1cc(Cl)cc(C(CC(=O)O)NC(=O)CNC(=O)c2cccc(NC3=NCCN3)c2)c1. The van der Waals surface area contributed by atoms with Gasteiger partial charge in [-0.25, -0.2) is 0 Å². The van der Waals surface area contributed by atoms with Crippen LogP contribution < -0.4 is 21.3 Å². The van der Waals surface area contributed by atoms with Crippen molar-refractivity contribution in [2.75, 3.05) is 25.0 Å². The number of halogens is 1. The van der Waals surface area contributed by atoms with Gasteiger partial charge < -0.3 is 31.5 Å². The molecule has 35 heavy (non-hydrogen) atoms. The average Bonchev–Trinajstić information content (AvgIpc) is 3.29. The number of hydrogen-bond acceptors (Lipinski definition) is 7. The molecule has 0 saturated carbocycles. The lowest BCUT2D eigenvalue weighted by Crippen LogP contribution is -2.39. The Balaban J connectivity index is 1.65. The molecule has 1 heterocycles. The highest BCUT2D eigenvalue weighted by atomic mass is 35.5. The largest absolute Gasteiger partial charge is 0.481 e. The summed E-state index contributed by atoms with van der Waals surface area (Å²) in [6, 6.07) is 10.5. The van der Waals surface area contributed by atoms with Crippen molar-refractivity contribution in [3.63, 3.8) is 0 Å². The number of anilines is 1. The summed E-state index contributed by atoms with van der Waals surface area (Å²) in [7, 11) is 0. The Morgan fingerprint density at radius 1 is 1.20 bits per heavy atom. The molecular formula is C24H28ClN5O5. The smallest absolute Gasteiger partial charge is 0.305 e. The third-order valence-electron chi connectivity index (χ3n) is 5.21. The van der Waals surface area contributed by atoms with E-state index < -0.39 is 35.8 Å². The molecule has 0 aromatic heterocycles. The Morgan fingerprint density at radius 2 is 1.97 bits per heavy atom. The van der Waals surface area contributed by atoms with E-state index in [4.69, 9.17) is 11.6 Å². The molecule has 0 radical (unpaired) electrons. The number of carbonyl (C=O) groups excluding carboxylic acids is 2. The summed E-state index contributed by atoms with van der Waals surface area (Å²) < 4.78 is 0. The number of aliphatic carboxylic acids is 1. The van der Waals surface area contributed by atoms with Gasteiger partial charge in [-0.1, -0.05) is 23.7 Å². The third kappa shape index (κ3) is 7.69. The second-order valence-electron chi connectivity index (χ2n) is 8.60. The predicted molar refractivity (Wildman–Crippen MR) is 133 cm³/mol. The first kappa shape index (κ1) is 26.0. The van der Waals surface area contributed by atoms with E-state index >= 15 is 0 Å². The molecule has 0 saturated heterocycles. The van der Waals surface area contributed by atoms with Gasteiger partial charge in [-0.05, 0) is 55.3 Å². The normalized spacial score (nSPS) is 13.9. The maximum atomic E-state index is 12.6. The Kier molecular flexibility index (Phi) is 8.31. The third-order valence-corrected chi connectivity index (χ3v) is 5.43. The summed E-state index contributed by atoms with van der Waals surface area (Å²) in [5, 5.41) is 31.3. The minimum absolute atomic E-state index is 0.296. The Bertz CT molecular complexity index is 1150. The van der Waals surface area contributed by atoms with Crippen LogP contribution in [0.5, 0.6) is 0 Å². The number of carboxylic acids is 1. The van der Waals surface area contributed by atoms with Crippen molar-refractivity contribution in [3.05, 3.63) is 64.2 Å². The van der Waals surface area contributed by atoms with Crippen LogP contribution in [0.2, 0.25) is 5.02 Å². The fraction of sp³-hybridized carbons (Fsp3) is 0.333. The highest BCUT2D eigenvalue weighted by Crippen LogP contribution is 2.28. The van der Waals surface area contributed by atoms with Gasteiger partial charge in [0.25, 0.3) is 5.91 Å². The lowest BCUT2D eigenvalue weighted by atomic mass is 9.93. The van der Waals surface area contributed by atoms with E-state index in [0.29, 0.717) is 39.9 Å². The van der Waals surface area contributed by atoms with Crippen LogP contribution in [0.3, 0.4) is 0 Å². The Morgan fingerprint density at radius 3 is 2.63 bits per heavy atom.